The van der Waals surface area contributed by atoms with E-state index in [1.54, 1.807) is 13.8 Å². The number of phenols is 5. The molecule has 0 spiro atoms. The van der Waals surface area contributed by atoms with Crippen LogP contribution in [-0.2, 0) is 6.61 Å². The summed E-state index contributed by atoms with van der Waals surface area (Å²) in [6, 6.07) is 5.09. The Morgan fingerprint density at radius 1 is 0.462 bits per heavy atom. The molecule has 8 aromatic carbocycles. The van der Waals surface area contributed by atoms with E-state index in [0.717, 1.165) is 6.07 Å². The summed E-state index contributed by atoms with van der Waals surface area (Å²) in [5.41, 5.74) is 0.346. The van der Waals surface area contributed by atoms with Crippen LogP contribution in [0.25, 0.3) is 75.4 Å². The van der Waals surface area contributed by atoms with E-state index in [9.17, 15) is 40.2 Å². The van der Waals surface area contributed by atoms with Crippen molar-refractivity contribution in [2.24, 2.45) is 0 Å². The number of hydrogen-bond acceptors (Lipinski definition) is 8. The Morgan fingerprint density at radius 3 is 1.36 bits per heavy atom. The maximum absolute atomic E-state index is 13.4. The van der Waals surface area contributed by atoms with Crippen molar-refractivity contribution in [2.45, 2.75) is 20.5 Å². The van der Waals surface area contributed by atoms with Crippen LogP contribution in [0.1, 0.15) is 16.7 Å². The summed E-state index contributed by atoms with van der Waals surface area (Å²) in [6.45, 7) is 2.92. The van der Waals surface area contributed by atoms with Crippen LogP contribution in [0, 0.1) is 13.8 Å². The normalized spacial score (nSPS) is 12.8. The molecule has 0 aromatic heterocycles. The van der Waals surface area contributed by atoms with Crippen LogP contribution >= 0.6 is 0 Å². The van der Waals surface area contributed by atoms with E-state index in [2.05, 4.69) is 0 Å². The molecule has 0 saturated heterocycles. The number of aryl methyl sites for hydroxylation is 2. The molecule has 0 aliphatic rings. The van der Waals surface area contributed by atoms with Crippen molar-refractivity contribution in [3.63, 3.8) is 0 Å². The minimum Gasteiger partial charge on any atom is -0.507 e. The first-order chi connectivity index (χ1) is 18.6. The fourth-order valence-corrected chi connectivity index (χ4v) is 7.21. The third-order valence-corrected chi connectivity index (χ3v) is 8.52. The van der Waals surface area contributed by atoms with E-state index >= 15 is 0 Å². The van der Waals surface area contributed by atoms with E-state index in [1.807, 2.05) is 0 Å². The number of rotatable bonds is 1. The smallest absolute Gasteiger partial charge is 0.190 e. The Labute approximate surface area is 216 Å². The Morgan fingerprint density at radius 2 is 0.846 bits per heavy atom. The van der Waals surface area contributed by atoms with Crippen LogP contribution in [0.3, 0.4) is 0 Å². The average Bonchev–Trinajstić information content (AvgIpc) is 2.86. The molecular weight excluding hydrogens is 500 g/mol. The summed E-state index contributed by atoms with van der Waals surface area (Å²) in [6.07, 6.45) is 0. The highest BCUT2D eigenvalue weighted by Crippen LogP contribution is 2.59. The van der Waals surface area contributed by atoms with Gasteiger partial charge in [0.2, 0.25) is 0 Å². The molecule has 190 valence electrons. The predicted octanol–water partition coefficient (Wildman–Crippen LogP) is 4.87. The van der Waals surface area contributed by atoms with Crippen molar-refractivity contribution in [1.82, 2.24) is 0 Å². The zero-order valence-corrected chi connectivity index (χ0v) is 20.5. The maximum atomic E-state index is 13.4. The Balaban J connectivity index is 2.03. The van der Waals surface area contributed by atoms with Gasteiger partial charge in [-0.25, -0.2) is 0 Å². The van der Waals surface area contributed by atoms with Crippen molar-refractivity contribution in [3.05, 3.63) is 61.4 Å². The third-order valence-electron chi connectivity index (χ3n) is 8.52. The van der Waals surface area contributed by atoms with Gasteiger partial charge in [0.05, 0.1) is 28.2 Å². The number of hydrogen-bond donors (Lipinski definition) is 6. The van der Waals surface area contributed by atoms with Gasteiger partial charge in [-0.2, -0.15) is 0 Å². The maximum Gasteiger partial charge on any atom is 0.190 e. The highest BCUT2D eigenvalue weighted by atomic mass is 16.3. The van der Waals surface area contributed by atoms with Crippen molar-refractivity contribution >= 4 is 75.4 Å². The van der Waals surface area contributed by atoms with Gasteiger partial charge in [0.25, 0.3) is 0 Å². The van der Waals surface area contributed by atoms with Gasteiger partial charge in [-0.15, -0.1) is 0 Å². The first-order valence-electron chi connectivity index (χ1n) is 12.3. The van der Waals surface area contributed by atoms with Crippen molar-refractivity contribution in [1.29, 1.82) is 0 Å². The van der Waals surface area contributed by atoms with Crippen LogP contribution in [0.5, 0.6) is 28.7 Å². The molecule has 0 saturated carbocycles. The minimum atomic E-state index is -0.498. The number of fused-ring (bicyclic) bond motifs is 2. The summed E-state index contributed by atoms with van der Waals surface area (Å²) < 4.78 is 0. The van der Waals surface area contributed by atoms with Crippen LogP contribution in [0.2, 0.25) is 0 Å². The molecule has 0 atom stereocenters. The Hall–Kier alpha value is -5.08. The van der Waals surface area contributed by atoms with Crippen LogP contribution in [0.15, 0.2) is 33.9 Å². The lowest BCUT2D eigenvalue weighted by Gasteiger charge is -2.26. The Kier molecular flexibility index (Phi) is 3.65. The summed E-state index contributed by atoms with van der Waals surface area (Å²) >= 11 is 0. The van der Waals surface area contributed by atoms with Crippen molar-refractivity contribution < 1.29 is 30.6 Å². The van der Waals surface area contributed by atoms with Crippen molar-refractivity contribution in [3.8, 4) is 28.7 Å². The highest BCUT2D eigenvalue weighted by molar-refractivity contribution is 6.51. The second-order valence-electron chi connectivity index (χ2n) is 10.5. The van der Waals surface area contributed by atoms with Crippen LogP contribution in [-0.4, -0.2) is 30.6 Å². The van der Waals surface area contributed by atoms with E-state index < -0.39 is 34.7 Å². The van der Waals surface area contributed by atoms with Gasteiger partial charge in [-0.1, -0.05) is 0 Å². The molecule has 0 heterocycles. The molecule has 0 unspecified atom stereocenters. The van der Waals surface area contributed by atoms with Gasteiger partial charge in [0.15, 0.2) is 10.9 Å². The lowest BCUT2D eigenvalue weighted by Crippen LogP contribution is -2.08. The quantitative estimate of drug-likeness (QED) is 0.133. The number of benzene rings is 8. The molecule has 0 bridgehead atoms. The molecular formula is C31H18O8. The predicted molar refractivity (Wildman–Crippen MR) is 150 cm³/mol. The largest absolute Gasteiger partial charge is 0.507 e. The second-order valence-corrected chi connectivity index (χ2v) is 10.5. The first kappa shape index (κ1) is 22.0. The fraction of sp³-hybridized carbons (Fsp3) is 0.0968. The van der Waals surface area contributed by atoms with Gasteiger partial charge < -0.3 is 30.6 Å². The van der Waals surface area contributed by atoms with Gasteiger partial charge in [0.1, 0.15) is 28.7 Å². The molecule has 8 nitrogen and oxygen atoms in total. The zero-order chi connectivity index (χ0) is 27.4. The Bertz CT molecular complexity index is 2530. The molecule has 8 aromatic rings. The highest BCUT2D eigenvalue weighted by Gasteiger charge is 2.33. The molecule has 0 aliphatic carbocycles. The average molecular weight is 518 g/mol. The summed E-state index contributed by atoms with van der Waals surface area (Å²) in [5, 5.41) is 70.3. The lowest BCUT2D eigenvalue weighted by molar-refractivity contribution is 0.283. The van der Waals surface area contributed by atoms with Crippen molar-refractivity contribution in [2.75, 3.05) is 0 Å². The molecule has 0 radical (unpaired) electrons. The minimum absolute atomic E-state index is 0.00931. The van der Waals surface area contributed by atoms with Crippen LogP contribution < -0.4 is 10.9 Å². The number of aromatic hydroxyl groups is 5. The second kappa shape index (κ2) is 6.48. The van der Waals surface area contributed by atoms with E-state index in [-0.39, 0.29) is 43.8 Å². The van der Waals surface area contributed by atoms with Crippen LogP contribution in [0.4, 0.5) is 0 Å². The van der Waals surface area contributed by atoms with Gasteiger partial charge >= 0.3 is 0 Å². The summed E-state index contributed by atoms with van der Waals surface area (Å²) in [7, 11) is 0. The molecule has 8 heteroatoms. The van der Waals surface area contributed by atoms with E-state index in [4.69, 9.17) is 0 Å². The summed E-state index contributed by atoms with van der Waals surface area (Å²) in [4.78, 5) is 26.8. The number of aliphatic hydroxyl groups is 1. The fourth-order valence-electron chi connectivity index (χ4n) is 7.21. The molecule has 8 rings (SSSR count). The third kappa shape index (κ3) is 2.15. The summed E-state index contributed by atoms with van der Waals surface area (Å²) in [5.74, 6) is -1.97. The van der Waals surface area contributed by atoms with Gasteiger partial charge in [-0.3, -0.25) is 9.59 Å². The van der Waals surface area contributed by atoms with E-state index in [0.29, 0.717) is 59.8 Å². The zero-order valence-electron chi connectivity index (χ0n) is 20.5. The first-order valence-corrected chi connectivity index (χ1v) is 12.3. The number of aliphatic hydroxyl groups excluding tert-OH is 1. The molecule has 0 aliphatic heterocycles. The van der Waals surface area contributed by atoms with Gasteiger partial charge in [-0.05, 0) is 64.9 Å². The topological polar surface area (TPSA) is 156 Å². The monoisotopic (exact) mass is 518 g/mol. The van der Waals surface area contributed by atoms with Gasteiger partial charge in [0, 0.05) is 43.8 Å². The standard InChI is InChI=1S/C31H18O8/c1-8-3-11(33)20-24-16(8)18-10(7-32)5-13(35)22-26(18)28-25-17(9(2)4-12(34)21(25)30(22)38)19-14(36)6-15(37)23(31(20)39)27(19)29(24)28/h3-6,32,35-39H,7H2,1-2H3. The lowest BCUT2D eigenvalue weighted by atomic mass is 9.77. The molecule has 39 heavy (non-hydrogen) atoms. The number of phenolic OH excluding ortho intramolecular Hbond substituents is 5. The molecule has 0 fully saturated rings. The molecule has 6 N–H and O–H groups in total. The molecule has 0 amide bonds. The SMILES string of the molecule is Cc1cc(=O)c2c(O)c3c(O)cc(O)c4c5c(C)cc(=O)c6c(O)c7c(O)cc(CO)c8c1c2c(c34)c(c78)c65. The van der Waals surface area contributed by atoms with E-state index in [1.165, 1.54) is 18.2 Å².